The molecule has 6 heteroatoms. The van der Waals surface area contributed by atoms with Crippen molar-refractivity contribution < 1.29 is 14.6 Å². The van der Waals surface area contributed by atoms with Crippen LogP contribution >= 0.6 is 0 Å². The minimum atomic E-state index is -0.575. The number of fused-ring (bicyclic) bond motifs is 1. The van der Waals surface area contributed by atoms with E-state index in [-0.39, 0.29) is 6.61 Å². The number of anilines is 2. The third-order valence-corrected chi connectivity index (χ3v) is 5.69. The van der Waals surface area contributed by atoms with Crippen LogP contribution in [-0.4, -0.2) is 37.0 Å². The van der Waals surface area contributed by atoms with Crippen molar-refractivity contribution in [2.24, 2.45) is 0 Å². The maximum absolute atomic E-state index is 12.6. The molecule has 0 aliphatic heterocycles. The summed E-state index contributed by atoms with van der Waals surface area (Å²) in [6, 6.07) is 15.9. The topological polar surface area (TPSA) is 85.6 Å². The lowest BCUT2D eigenvalue weighted by atomic mass is 9.81. The number of aliphatic hydroxyl groups excluding tert-OH is 1. The van der Waals surface area contributed by atoms with E-state index in [1.54, 1.807) is 0 Å². The Morgan fingerprint density at radius 3 is 2.73 bits per heavy atom. The first-order valence-corrected chi connectivity index (χ1v) is 10.5. The number of aryl methyl sites for hydroxylation is 1. The molecule has 158 valence electrons. The Labute approximate surface area is 178 Å². The molecule has 0 fully saturated rings. The second kappa shape index (κ2) is 10.1. The van der Waals surface area contributed by atoms with Gasteiger partial charge >= 0.3 is 6.09 Å². The average Bonchev–Trinajstić information content (AvgIpc) is 2.76. The third-order valence-electron chi connectivity index (χ3n) is 5.69. The zero-order chi connectivity index (χ0) is 21.5. The summed E-state index contributed by atoms with van der Waals surface area (Å²) in [4.78, 5) is 14.8. The molecule has 2 atom stereocenters. The predicted molar refractivity (Wildman–Crippen MR) is 118 cm³/mol. The zero-order valence-electron chi connectivity index (χ0n) is 17.6. The Morgan fingerprint density at radius 2 is 2.03 bits per heavy atom. The molecule has 2 aromatic carbocycles. The molecular formula is C24H29N3O3. The van der Waals surface area contributed by atoms with Crippen molar-refractivity contribution in [2.45, 2.75) is 45.1 Å². The zero-order valence-corrected chi connectivity index (χ0v) is 17.6. The van der Waals surface area contributed by atoms with E-state index >= 15 is 0 Å². The van der Waals surface area contributed by atoms with Gasteiger partial charge in [-0.1, -0.05) is 24.3 Å². The molecular weight excluding hydrogens is 378 g/mol. The first-order valence-electron chi connectivity index (χ1n) is 10.5. The number of hydrogen-bond donors (Lipinski definition) is 2. The molecule has 1 aliphatic carbocycles. The maximum Gasteiger partial charge on any atom is 0.411 e. The fourth-order valence-corrected chi connectivity index (χ4v) is 4.10. The summed E-state index contributed by atoms with van der Waals surface area (Å²) in [7, 11) is 0. The van der Waals surface area contributed by atoms with Gasteiger partial charge in [0.05, 0.1) is 6.07 Å². The Kier molecular flexibility index (Phi) is 7.31. The van der Waals surface area contributed by atoms with E-state index < -0.39 is 18.1 Å². The van der Waals surface area contributed by atoms with Gasteiger partial charge in [-0.05, 0) is 68.0 Å². The molecule has 30 heavy (non-hydrogen) atoms. The number of rotatable bonds is 7. The van der Waals surface area contributed by atoms with Crippen molar-refractivity contribution in [3.8, 4) is 6.07 Å². The molecule has 6 nitrogen and oxygen atoms in total. The number of carbonyl (C=O) groups excluding carboxylic acids is 1. The van der Waals surface area contributed by atoms with Crippen molar-refractivity contribution in [2.75, 3.05) is 29.9 Å². The van der Waals surface area contributed by atoms with Gasteiger partial charge in [0.15, 0.2) is 0 Å². The van der Waals surface area contributed by atoms with Crippen LogP contribution in [0.5, 0.6) is 0 Å². The molecule has 3 rings (SSSR count). The van der Waals surface area contributed by atoms with Gasteiger partial charge in [0.1, 0.15) is 12.0 Å². The molecule has 0 spiro atoms. The highest BCUT2D eigenvalue weighted by molar-refractivity contribution is 5.86. The van der Waals surface area contributed by atoms with E-state index in [0.29, 0.717) is 18.5 Å². The molecule has 2 N–H and O–H groups in total. The van der Waals surface area contributed by atoms with Gasteiger partial charge in [-0.2, -0.15) is 5.26 Å². The van der Waals surface area contributed by atoms with E-state index in [9.17, 15) is 15.2 Å². The number of carbonyl (C=O) groups is 1. The smallest absolute Gasteiger partial charge is 0.411 e. The van der Waals surface area contributed by atoms with Crippen molar-refractivity contribution in [3.05, 3.63) is 59.2 Å². The first kappa shape index (κ1) is 21.7. The summed E-state index contributed by atoms with van der Waals surface area (Å²) in [5.74, 6) is -0.470. The summed E-state index contributed by atoms with van der Waals surface area (Å²) >= 11 is 0. The van der Waals surface area contributed by atoms with Gasteiger partial charge < -0.3 is 14.7 Å². The monoisotopic (exact) mass is 407 g/mol. The summed E-state index contributed by atoms with van der Waals surface area (Å²) in [6.45, 7) is 5.92. The molecule has 0 aromatic heterocycles. The molecule has 1 amide bonds. The molecule has 2 unspecified atom stereocenters. The van der Waals surface area contributed by atoms with Crippen LogP contribution in [0, 0.1) is 11.3 Å². The summed E-state index contributed by atoms with van der Waals surface area (Å²) in [6.07, 6.45) is 0.770. The lowest BCUT2D eigenvalue weighted by Gasteiger charge is -2.29. The molecule has 0 saturated carbocycles. The number of hydrogen-bond acceptors (Lipinski definition) is 5. The minimum Gasteiger partial charge on any atom is -0.444 e. The van der Waals surface area contributed by atoms with Gasteiger partial charge in [0.25, 0.3) is 0 Å². The van der Waals surface area contributed by atoms with Crippen LogP contribution in [0.3, 0.4) is 0 Å². The van der Waals surface area contributed by atoms with Crippen molar-refractivity contribution >= 4 is 17.5 Å². The largest absolute Gasteiger partial charge is 0.444 e. The fraction of sp³-hybridized carbons (Fsp3) is 0.417. The Morgan fingerprint density at radius 1 is 1.27 bits per heavy atom. The number of nitriles is 1. The summed E-state index contributed by atoms with van der Waals surface area (Å²) in [5.41, 5.74) is 4.60. The number of benzene rings is 2. The van der Waals surface area contributed by atoms with Crippen LogP contribution in [0.25, 0.3) is 0 Å². The van der Waals surface area contributed by atoms with E-state index in [0.717, 1.165) is 41.9 Å². The molecule has 2 aromatic rings. The van der Waals surface area contributed by atoms with E-state index in [2.05, 4.69) is 30.1 Å². The molecule has 0 heterocycles. The maximum atomic E-state index is 12.6. The second-order valence-corrected chi connectivity index (χ2v) is 7.40. The SMILES string of the molecule is CCN(CC)c1ccc(NC(=O)OC2CCc3ccccc3C2C#N)c(CCO)c1. The molecule has 1 aliphatic rings. The normalized spacial score (nSPS) is 17.5. The average molecular weight is 408 g/mol. The Hall–Kier alpha value is -3.04. The van der Waals surface area contributed by atoms with Gasteiger partial charge in [0, 0.05) is 31.1 Å². The van der Waals surface area contributed by atoms with Crippen molar-refractivity contribution in [1.82, 2.24) is 0 Å². The predicted octanol–water partition coefficient (Wildman–Crippen LogP) is 4.24. The summed E-state index contributed by atoms with van der Waals surface area (Å²) in [5, 5.41) is 21.9. The van der Waals surface area contributed by atoms with Crippen LogP contribution in [0.1, 0.15) is 42.9 Å². The number of nitrogens with zero attached hydrogens (tertiary/aromatic N) is 2. The van der Waals surface area contributed by atoms with Gasteiger partial charge in [-0.15, -0.1) is 0 Å². The van der Waals surface area contributed by atoms with E-state index in [1.165, 1.54) is 0 Å². The fourth-order valence-electron chi connectivity index (χ4n) is 4.10. The highest BCUT2D eigenvalue weighted by atomic mass is 16.6. The lowest BCUT2D eigenvalue weighted by molar-refractivity contribution is 0.0940. The van der Waals surface area contributed by atoms with Crippen LogP contribution in [0.2, 0.25) is 0 Å². The van der Waals surface area contributed by atoms with Crippen LogP contribution in [0.15, 0.2) is 42.5 Å². The highest BCUT2D eigenvalue weighted by Crippen LogP contribution is 2.33. The Bertz CT molecular complexity index is 918. The van der Waals surface area contributed by atoms with Crippen molar-refractivity contribution in [1.29, 1.82) is 5.26 Å². The number of aliphatic hydroxyl groups is 1. The molecule has 0 radical (unpaired) electrons. The lowest BCUT2D eigenvalue weighted by Crippen LogP contribution is -2.31. The molecule has 0 bridgehead atoms. The van der Waals surface area contributed by atoms with E-state index in [4.69, 9.17) is 4.74 Å². The third kappa shape index (κ3) is 4.74. The van der Waals surface area contributed by atoms with Crippen LogP contribution in [-0.2, 0) is 17.6 Å². The first-order chi connectivity index (χ1) is 14.6. The number of nitrogens with one attached hydrogen (secondary N) is 1. The quantitative estimate of drug-likeness (QED) is 0.717. The number of ether oxygens (including phenoxy) is 1. The van der Waals surface area contributed by atoms with Gasteiger partial charge in [0.2, 0.25) is 0 Å². The standard InChI is InChI=1S/C24H29N3O3/c1-3-27(4-2)19-10-11-22(18(15-19)13-14-28)26-24(29)30-23-12-9-17-7-5-6-8-20(17)21(23)16-25/h5-8,10-11,15,21,23,28H,3-4,9,12-14H2,1-2H3,(H,26,29). The highest BCUT2D eigenvalue weighted by Gasteiger charge is 2.32. The van der Waals surface area contributed by atoms with Crippen LogP contribution in [0.4, 0.5) is 16.2 Å². The Balaban J connectivity index is 1.73. The molecule has 0 saturated heterocycles. The summed E-state index contributed by atoms with van der Waals surface area (Å²) < 4.78 is 5.66. The minimum absolute atomic E-state index is 0.0126. The van der Waals surface area contributed by atoms with E-state index in [1.807, 2.05) is 42.5 Å². The van der Waals surface area contributed by atoms with Gasteiger partial charge in [-0.25, -0.2) is 4.79 Å². The number of amides is 1. The van der Waals surface area contributed by atoms with Crippen molar-refractivity contribution in [3.63, 3.8) is 0 Å². The van der Waals surface area contributed by atoms with Crippen LogP contribution < -0.4 is 10.2 Å². The second-order valence-electron chi connectivity index (χ2n) is 7.40. The van der Waals surface area contributed by atoms with Gasteiger partial charge in [-0.3, -0.25) is 5.32 Å².